The van der Waals surface area contributed by atoms with Crippen LogP contribution in [0.25, 0.3) is 0 Å². The minimum Gasteiger partial charge on any atom is -0.339 e. The van der Waals surface area contributed by atoms with Crippen molar-refractivity contribution in [1.29, 1.82) is 0 Å². The summed E-state index contributed by atoms with van der Waals surface area (Å²) < 4.78 is 1.99. The predicted molar refractivity (Wildman–Crippen MR) is 129 cm³/mol. The summed E-state index contributed by atoms with van der Waals surface area (Å²) in [6.07, 6.45) is 0. The fraction of sp³-hybridized carbons (Fsp3) is 0.400. The van der Waals surface area contributed by atoms with E-state index in [9.17, 15) is 4.79 Å². The topological polar surface area (TPSA) is 54.3 Å². The largest absolute Gasteiger partial charge is 0.339 e. The summed E-state index contributed by atoms with van der Waals surface area (Å²) in [6.45, 7) is 7.39. The molecule has 0 spiro atoms. The summed E-state index contributed by atoms with van der Waals surface area (Å²) in [5, 5.41) is 9.31. The molecule has 1 fully saturated rings. The van der Waals surface area contributed by atoms with E-state index in [2.05, 4.69) is 89.6 Å². The Hall–Kier alpha value is -2.64. The average molecular weight is 450 g/mol. The van der Waals surface area contributed by atoms with Gasteiger partial charge in [0.25, 0.3) is 0 Å². The fourth-order valence-corrected chi connectivity index (χ4v) is 5.11. The maximum atomic E-state index is 12.9. The predicted octanol–water partition coefficient (Wildman–Crippen LogP) is 3.96. The van der Waals surface area contributed by atoms with E-state index in [4.69, 9.17) is 0 Å². The van der Waals surface area contributed by atoms with Gasteiger partial charge in [-0.2, -0.15) is 0 Å². The Morgan fingerprint density at radius 2 is 1.47 bits per heavy atom. The van der Waals surface area contributed by atoms with Gasteiger partial charge in [0.1, 0.15) is 5.82 Å². The third kappa shape index (κ3) is 5.05. The van der Waals surface area contributed by atoms with Gasteiger partial charge in [-0.25, -0.2) is 0 Å². The number of hydrogen-bond acceptors (Lipinski definition) is 5. The monoisotopic (exact) mass is 449 g/mol. The Morgan fingerprint density at radius 1 is 0.906 bits per heavy atom. The zero-order valence-electron chi connectivity index (χ0n) is 19.0. The molecule has 1 saturated heterocycles. The van der Waals surface area contributed by atoms with Crippen LogP contribution in [0.3, 0.4) is 0 Å². The van der Waals surface area contributed by atoms with Crippen LogP contribution in [0.4, 0.5) is 0 Å². The molecule has 0 unspecified atom stereocenters. The van der Waals surface area contributed by atoms with Crippen molar-refractivity contribution in [2.45, 2.75) is 31.0 Å². The molecule has 6 nitrogen and oxygen atoms in total. The minimum atomic E-state index is 0.166. The lowest BCUT2D eigenvalue weighted by Crippen LogP contribution is -2.50. The fourth-order valence-electron chi connectivity index (χ4n) is 4.29. The van der Waals surface area contributed by atoms with Gasteiger partial charge in [0.15, 0.2) is 5.16 Å². The van der Waals surface area contributed by atoms with Gasteiger partial charge in [0.05, 0.1) is 11.8 Å². The van der Waals surface area contributed by atoms with Crippen molar-refractivity contribution in [2.24, 2.45) is 7.05 Å². The number of benzene rings is 2. The normalized spacial score (nSPS) is 15.0. The second-order valence-corrected chi connectivity index (χ2v) is 9.43. The molecule has 0 aliphatic carbocycles. The summed E-state index contributed by atoms with van der Waals surface area (Å²) in [5.41, 5.74) is 2.58. The number of amides is 1. The van der Waals surface area contributed by atoms with Crippen LogP contribution < -0.4 is 0 Å². The third-order valence-corrected chi connectivity index (χ3v) is 6.98. The first-order valence-corrected chi connectivity index (χ1v) is 12.2. The van der Waals surface area contributed by atoms with Crippen molar-refractivity contribution in [3.05, 3.63) is 77.6 Å². The van der Waals surface area contributed by atoms with Crippen molar-refractivity contribution in [2.75, 3.05) is 31.9 Å². The van der Waals surface area contributed by atoms with Crippen molar-refractivity contribution in [1.82, 2.24) is 24.6 Å². The molecule has 2 heterocycles. The van der Waals surface area contributed by atoms with E-state index < -0.39 is 0 Å². The Labute approximate surface area is 194 Å². The molecule has 2 aromatic carbocycles. The molecular formula is C25H31N5OS. The standard InChI is InChI=1S/C25H31N5OS/c1-19(2)24-26-27-25(28(24)3)32-18-22(31)29-14-16-30(17-15-29)23(20-10-6-4-7-11-20)21-12-8-5-9-13-21/h4-13,19,23H,14-18H2,1-3H3. The molecule has 1 aromatic heterocycles. The lowest BCUT2D eigenvalue weighted by molar-refractivity contribution is -0.130. The lowest BCUT2D eigenvalue weighted by atomic mass is 9.96. The summed E-state index contributed by atoms with van der Waals surface area (Å²) >= 11 is 1.47. The second-order valence-electron chi connectivity index (χ2n) is 8.48. The Bertz CT molecular complexity index is 974. The number of piperazine rings is 1. The number of rotatable bonds is 7. The quantitative estimate of drug-likeness (QED) is 0.511. The molecule has 4 rings (SSSR count). The van der Waals surface area contributed by atoms with Gasteiger partial charge in [0, 0.05) is 39.1 Å². The zero-order chi connectivity index (χ0) is 22.5. The van der Waals surface area contributed by atoms with Crippen LogP contribution in [-0.4, -0.2) is 62.4 Å². The molecule has 0 saturated carbocycles. The van der Waals surface area contributed by atoms with Crippen molar-refractivity contribution < 1.29 is 4.79 Å². The maximum absolute atomic E-state index is 12.9. The molecule has 0 atom stereocenters. The van der Waals surface area contributed by atoms with Crippen molar-refractivity contribution in [3.8, 4) is 0 Å². The number of thioether (sulfide) groups is 1. The minimum absolute atomic E-state index is 0.166. The van der Waals surface area contributed by atoms with Crippen LogP contribution in [0.2, 0.25) is 0 Å². The molecule has 1 aliphatic rings. The maximum Gasteiger partial charge on any atom is 0.233 e. The van der Waals surface area contributed by atoms with E-state index in [-0.39, 0.29) is 11.9 Å². The SMILES string of the molecule is CC(C)c1nnc(SCC(=O)N2CCN(C(c3ccccc3)c3ccccc3)CC2)n1C. The Balaban J connectivity index is 1.38. The van der Waals surface area contributed by atoms with Gasteiger partial charge in [-0.3, -0.25) is 9.69 Å². The van der Waals surface area contributed by atoms with Gasteiger partial charge >= 0.3 is 0 Å². The molecule has 0 radical (unpaired) electrons. The molecule has 0 N–H and O–H groups in total. The molecule has 0 bridgehead atoms. The highest BCUT2D eigenvalue weighted by Crippen LogP contribution is 2.29. The highest BCUT2D eigenvalue weighted by Gasteiger charge is 2.28. The van der Waals surface area contributed by atoms with E-state index in [1.807, 2.05) is 16.5 Å². The smallest absolute Gasteiger partial charge is 0.233 e. The number of hydrogen-bond donors (Lipinski definition) is 0. The highest BCUT2D eigenvalue weighted by atomic mass is 32.2. The van der Waals surface area contributed by atoms with Crippen LogP contribution >= 0.6 is 11.8 Å². The van der Waals surface area contributed by atoms with Gasteiger partial charge < -0.3 is 9.47 Å². The van der Waals surface area contributed by atoms with Gasteiger partial charge in [0.2, 0.25) is 5.91 Å². The molecule has 3 aromatic rings. The number of aromatic nitrogens is 3. The summed E-state index contributed by atoms with van der Waals surface area (Å²) in [6, 6.07) is 21.5. The highest BCUT2D eigenvalue weighted by molar-refractivity contribution is 7.99. The van der Waals surface area contributed by atoms with Gasteiger partial charge in [-0.15, -0.1) is 10.2 Å². The summed E-state index contributed by atoms with van der Waals surface area (Å²) in [5.74, 6) is 1.82. The van der Waals surface area contributed by atoms with Gasteiger partial charge in [-0.1, -0.05) is 86.3 Å². The molecule has 32 heavy (non-hydrogen) atoms. The molecule has 1 aliphatic heterocycles. The number of carbonyl (C=O) groups is 1. The molecular weight excluding hydrogens is 418 g/mol. The van der Waals surface area contributed by atoms with Crippen LogP contribution in [0.15, 0.2) is 65.8 Å². The van der Waals surface area contributed by atoms with Crippen molar-refractivity contribution in [3.63, 3.8) is 0 Å². The van der Waals surface area contributed by atoms with E-state index in [1.54, 1.807) is 0 Å². The lowest BCUT2D eigenvalue weighted by Gasteiger charge is -2.39. The van der Waals surface area contributed by atoms with Crippen LogP contribution in [-0.2, 0) is 11.8 Å². The zero-order valence-corrected chi connectivity index (χ0v) is 19.8. The summed E-state index contributed by atoms with van der Waals surface area (Å²) in [4.78, 5) is 17.3. The Morgan fingerprint density at radius 3 is 1.97 bits per heavy atom. The van der Waals surface area contributed by atoms with Crippen molar-refractivity contribution >= 4 is 17.7 Å². The first kappa shape index (κ1) is 22.6. The number of carbonyl (C=O) groups excluding carboxylic acids is 1. The molecule has 1 amide bonds. The van der Waals surface area contributed by atoms with E-state index in [0.29, 0.717) is 11.7 Å². The van der Waals surface area contributed by atoms with E-state index >= 15 is 0 Å². The van der Waals surface area contributed by atoms with E-state index in [0.717, 1.165) is 37.2 Å². The van der Waals surface area contributed by atoms with Crippen LogP contribution in [0.5, 0.6) is 0 Å². The van der Waals surface area contributed by atoms with Gasteiger partial charge in [-0.05, 0) is 11.1 Å². The second kappa shape index (κ2) is 10.3. The average Bonchev–Trinajstić information content (AvgIpc) is 3.20. The van der Waals surface area contributed by atoms with E-state index in [1.165, 1.54) is 22.9 Å². The third-order valence-electron chi connectivity index (χ3n) is 5.97. The van der Waals surface area contributed by atoms with Crippen LogP contribution in [0, 0.1) is 0 Å². The Kier molecular flexibility index (Phi) is 7.27. The first-order chi connectivity index (χ1) is 15.5. The number of nitrogens with zero attached hydrogens (tertiary/aromatic N) is 5. The molecule has 7 heteroatoms. The molecule has 168 valence electrons. The summed E-state index contributed by atoms with van der Waals surface area (Å²) in [7, 11) is 1.97. The van der Waals surface area contributed by atoms with Crippen LogP contribution in [0.1, 0.15) is 42.8 Å². The first-order valence-electron chi connectivity index (χ1n) is 11.2.